The number of aromatic nitrogens is 4. The Morgan fingerprint density at radius 1 is 0.958 bits per heavy atom. The number of benzene rings is 3. The standard InChI is InChI=1S/C54H61ClFN9O6S/c1-29-19-22-72-48(29)37-12-10-35(11-13-37)32(4)59-52(69)43-26-40(66)28-64(43)53(70)49(54(6,7)8)61-44(67)18-9-34-23-39(56)25-41(24-34)71-21-20-57-45(68)27-42-50-63-62-33(5)65(50)51-46(30(2)31(3)58-51)47(60-42)36-14-16-38(55)17-15-36/h10-17,19,22-25,32,40,42-43,49,58,66H,9,18,20-21,26-28H2,1-8H3,(H,57,68)(H,59,69)(H,61,67)/t32-,40+,42?,43-,49+/m0/s1. The van der Waals surface area contributed by atoms with E-state index in [1.54, 1.807) is 29.5 Å². The molecule has 8 rings (SSSR count). The van der Waals surface area contributed by atoms with Crippen LogP contribution in [0.15, 0.2) is 83.2 Å². The van der Waals surface area contributed by atoms with Crippen molar-refractivity contribution in [2.75, 3.05) is 19.7 Å². The Labute approximate surface area is 427 Å². The molecule has 0 bridgehead atoms. The summed E-state index contributed by atoms with van der Waals surface area (Å²) in [7, 11) is 0. The van der Waals surface area contributed by atoms with Gasteiger partial charge in [-0.1, -0.05) is 68.8 Å². The predicted molar refractivity (Wildman–Crippen MR) is 276 cm³/mol. The number of hydrogen-bond acceptors (Lipinski definition) is 10. The molecule has 18 heteroatoms. The first-order valence-corrected chi connectivity index (χ1v) is 25.4. The van der Waals surface area contributed by atoms with E-state index in [-0.39, 0.29) is 63.1 Å². The lowest BCUT2D eigenvalue weighted by Gasteiger charge is -2.35. The summed E-state index contributed by atoms with van der Waals surface area (Å²) in [6, 6.07) is 18.6. The van der Waals surface area contributed by atoms with Gasteiger partial charge in [0, 0.05) is 52.2 Å². The zero-order chi connectivity index (χ0) is 51.6. The molecule has 0 saturated carbocycles. The molecular weight excluding hydrogens is 957 g/mol. The quantitative estimate of drug-likeness (QED) is 0.0600. The van der Waals surface area contributed by atoms with Gasteiger partial charge in [0.15, 0.2) is 5.82 Å². The fraction of sp³-hybridized carbons (Fsp3) is 0.389. The molecule has 378 valence electrons. The maximum absolute atomic E-state index is 15.0. The number of carbonyl (C=O) groups is 4. The van der Waals surface area contributed by atoms with E-state index in [2.05, 4.69) is 49.5 Å². The number of nitrogens with zero attached hydrogens (tertiary/aromatic N) is 5. The second kappa shape index (κ2) is 21.6. The number of hydrogen-bond donors (Lipinski definition) is 5. The van der Waals surface area contributed by atoms with Gasteiger partial charge in [-0.2, -0.15) is 0 Å². The number of halogens is 2. The molecule has 0 radical (unpaired) electrons. The van der Waals surface area contributed by atoms with Gasteiger partial charge in [0.2, 0.25) is 23.6 Å². The maximum atomic E-state index is 15.0. The topological polar surface area (TPSA) is 196 Å². The lowest BCUT2D eigenvalue weighted by atomic mass is 9.85. The van der Waals surface area contributed by atoms with Crippen molar-refractivity contribution < 1.29 is 33.4 Å². The molecule has 5 heterocycles. The number of fused-ring (bicyclic) bond motifs is 3. The number of aliphatic imine (C=N–C) groups is 1. The fourth-order valence-electron chi connectivity index (χ4n) is 9.32. The monoisotopic (exact) mass is 1020 g/mol. The summed E-state index contributed by atoms with van der Waals surface area (Å²) in [5, 5.41) is 30.9. The van der Waals surface area contributed by atoms with Crippen LogP contribution in [0.3, 0.4) is 0 Å². The lowest BCUT2D eigenvalue weighted by molar-refractivity contribution is -0.144. The van der Waals surface area contributed by atoms with Gasteiger partial charge in [-0.15, -0.1) is 21.5 Å². The molecule has 15 nitrogen and oxygen atoms in total. The van der Waals surface area contributed by atoms with E-state index in [1.807, 2.05) is 89.4 Å². The van der Waals surface area contributed by atoms with Crippen molar-refractivity contribution in [2.24, 2.45) is 10.4 Å². The molecule has 4 amide bonds. The van der Waals surface area contributed by atoms with Crippen molar-refractivity contribution >= 4 is 52.3 Å². The van der Waals surface area contributed by atoms with E-state index < -0.39 is 53.2 Å². The van der Waals surface area contributed by atoms with Gasteiger partial charge in [-0.05, 0) is 110 Å². The normalized spacial score (nSPS) is 17.3. The number of aliphatic hydroxyl groups excluding tert-OH is 1. The Bertz CT molecular complexity index is 3010. The maximum Gasteiger partial charge on any atom is 0.246 e. The van der Waals surface area contributed by atoms with Gasteiger partial charge < -0.3 is 35.7 Å². The molecule has 2 aliphatic rings. The van der Waals surface area contributed by atoms with Crippen LogP contribution in [-0.4, -0.2) is 97.0 Å². The van der Waals surface area contributed by atoms with Crippen molar-refractivity contribution in [1.82, 2.24) is 40.6 Å². The van der Waals surface area contributed by atoms with Gasteiger partial charge in [0.25, 0.3) is 0 Å². The van der Waals surface area contributed by atoms with Crippen LogP contribution in [0.5, 0.6) is 5.75 Å². The zero-order valence-electron chi connectivity index (χ0n) is 41.7. The summed E-state index contributed by atoms with van der Waals surface area (Å²) in [4.78, 5) is 66.2. The van der Waals surface area contributed by atoms with Gasteiger partial charge >= 0.3 is 0 Å². The summed E-state index contributed by atoms with van der Waals surface area (Å²) in [5.41, 5.74) is 7.30. The van der Waals surface area contributed by atoms with Crippen molar-refractivity contribution in [3.8, 4) is 22.0 Å². The fourth-order valence-corrected chi connectivity index (χ4v) is 10.4. The number of ether oxygens (including phenoxy) is 1. The summed E-state index contributed by atoms with van der Waals surface area (Å²) in [5.74, 6) is -0.0441. The molecular formula is C54H61ClFN9O6S. The van der Waals surface area contributed by atoms with Crippen LogP contribution in [0.2, 0.25) is 5.02 Å². The van der Waals surface area contributed by atoms with Crippen LogP contribution in [-0.2, 0) is 25.6 Å². The van der Waals surface area contributed by atoms with Crippen LogP contribution in [0.1, 0.15) is 110 Å². The van der Waals surface area contributed by atoms with Crippen molar-refractivity contribution in [3.63, 3.8) is 0 Å². The molecule has 2 aliphatic heterocycles. The Morgan fingerprint density at radius 2 is 1.68 bits per heavy atom. The first-order chi connectivity index (χ1) is 34.2. The van der Waals surface area contributed by atoms with Crippen LogP contribution in [0.4, 0.5) is 4.39 Å². The summed E-state index contributed by atoms with van der Waals surface area (Å²) >= 11 is 7.91. The third-order valence-electron chi connectivity index (χ3n) is 13.3. The summed E-state index contributed by atoms with van der Waals surface area (Å²) in [6.07, 6.45) is -0.837. The average Bonchev–Trinajstić information content (AvgIpc) is 4.10. The molecule has 0 aliphatic carbocycles. The van der Waals surface area contributed by atoms with E-state index in [0.29, 0.717) is 27.9 Å². The third kappa shape index (κ3) is 11.5. The second-order valence-electron chi connectivity index (χ2n) is 19.8. The summed E-state index contributed by atoms with van der Waals surface area (Å²) < 4.78 is 22.7. The Balaban J connectivity index is 0.848. The SMILES string of the molecule is Cc1ccsc1-c1ccc([C@H](C)NC(=O)[C@@H]2C[C@@H](O)CN2C(=O)[C@@H](NC(=O)CCc2cc(F)cc(OCCNC(=O)CC3N=C(c4ccc(Cl)cc4)c4c([nH]c(C)c4C)-n4c(C)nnc43)c2)C(C)(C)C)cc1. The van der Waals surface area contributed by atoms with Crippen molar-refractivity contribution in [1.29, 1.82) is 0 Å². The largest absolute Gasteiger partial charge is 0.492 e. The van der Waals surface area contributed by atoms with Gasteiger partial charge in [0.05, 0.1) is 30.8 Å². The number of aliphatic hydroxyl groups is 1. The molecule has 5 N–H and O–H groups in total. The number of carbonyl (C=O) groups excluding carboxylic acids is 4. The average molecular weight is 1020 g/mol. The number of likely N-dealkylation sites (tertiary alicyclic amines) is 1. The highest BCUT2D eigenvalue weighted by Crippen LogP contribution is 2.36. The Morgan fingerprint density at radius 3 is 2.38 bits per heavy atom. The lowest BCUT2D eigenvalue weighted by Crippen LogP contribution is -2.57. The molecule has 6 aromatic rings. The number of nitrogens with one attached hydrogen (secondary N) is 4. The summed E-state index contributed by atoms with van der Waals surface area (Å²) in [6.45, 7) is 15.3. The molecule has 1 unspecified atom stereocenters. The molecule has 5 atom stereocenters. The van der Waals surface area contributed by atoms with E-state index in [1.165, 1.54) is 27.5 Å². The number of aromatic amines is 1. The molecule has 3 aromatic carbocycles. The molecule has 72 heavy (non-hydrogen) atoms. The van der Waals surface area contributed by atoms with Crippen LogP contribution in [0, 0.1) is 38.9 Å². The number of thiophene rings is 1. The molecule has 0 spiro atoms. The first kappa shape index (κ1) is 51.7. The van der Waals surface area contributed by atoms with E-state index in [0.717, 1.165) is 39.3 Å². The highest BCUT2D eigenvalue weighted by atomic mass is 35.5. The zero-order valence-corrected chi connectivity index (χ0v) is 43.3. The van der Waals surface area contributed by atoms with Crippen LogP contribution < -0.4 is 20.7 Å². The minimum absolute atomic E-state index is 0.0265. The smallest absolute Gasteiger partial charge is 0.246 e. The Hall–Kier alpha value is -6.69. The highest BCUT2D eigenvalue weighted by molar-refractivity contribution is 7.13. The first-order valence-electron chi connectivity index (χ1n) is 24.1. The van der Waals surface area contributed by atoms with E-state index >= 15 is 0 Å². The third-order valence-corrected chi connectivity index (χ3v) is 14.6. The van der Waals surface area contributed by atoms with Gasteiger partial charge in [0.1, 0.15) is 47.9 Å². The van der Waals surface area contributed by atoms with Crippen LogP contribution in [0.25, 0.3) is 16.3 Å². The highest BCUT2D eigenvalue weighted by Gasteiger charge is 2.45. The molecule has 3 aromatic heterocycles. The molecule has 1 fully saturated rings. The van der Waals surface area contributed by atoms with E-state index in [9.17, 15) is 28.7 Å². The number of H-pyrrole nitrogens is 1. The predicted octanol–water partition coefficient (Wildman–Crippen LogP) is 8.13. The van der Waals surface area contributed by atoms with E-state index in [4.69, 9.17) is 21.3 Å². The van der Waals surface area contributed by atoms with Gasteiger partial charge in [-0.3, -0.25) is 28.7 Å². The van der Waals surface area contributed by atoms with Crippen LogP contribution >= 0.6 is 22.9 Å². The number of β-amino-alcohol motifs (C(OH)–C–C–N with tert-alkyl or cyclic N) is 1. The van der Waals surface area contributed by atoms with Crippen molar-refractivity contribution in [2.45, 2.75) is 111 Å². The molecule has 1 saturated heterocycles. The van der Waals surface area contributed by atoms with Gasteiger partial charge in [-0.25, -0.2) is 4.39 Å². The second-order valence-corrected chi connectivity index (χ2v) is 21.1. The number of amides is 4. The minimum atomic E-state index is -1.03. The Kier molecular flexibility index (Phi) is 15.5. The number of rotatable bonds is 16. The number of aryl methyl sites for hydroxylation is 4. The minimum Gasteiger partial charge on any atom is -0.492 e. The van der Waals surface area contributed by atoms with Crippen molar-refractivity contribution in [3.05, 3.63) is 140 Å².